The predicted molar refractivity (Wildman–Crippen MR) is 80.3 cm³/mol. The maximum Gasteiger partial charge on any atom is 0.0269 e. The highest BCUT2D eigenvalue weighted by molar-refractivity contribution is 7.09. The van der Waals surface area contributed by atoms with Gasteiger partial charge in [-0.2, -0.15) is 0 Å². The average Bonchev–Trinajstić information content (AvgIpc) is 2.77. The Labute approximate surface area is 115 Å². The van der Waals surface area contributed by atoms with Crippen LogP contribution in [0.4, 0.5) is 0 Å². The highest BCUT2D eigenvalue weighted by Gasteiger charge is 2.33. The van der Waals surface area contributed by atoms with Gasteiger partial charge in [-0.1, -0.05) is 26.8 Å². The van der Waals surface area contributed by atoms with Crippen molar-refractivity contribution in [2.75, 3.05) is 19.6 Å². The highest BCUT2D eigenvalue weighted by Crippen LogP contribution is 2.26. The number of nitrogens with one attached hydrogen (secondary N) is 1. The molecule has 102 valence electrons. The summed E-state index contributed by atoms with van der Waals surface area (Å²) in [5, 5.41) is 5.80. The number of hydrogen-bond donors (Lipinski definition) is 1. The van der Waals surface area contributed by atoms with Gasteiger partial charge in [-0.15, -0.1) is 11.3 Å². The van der Waals surface area contributed by atoms with Gasteiger partial charge in [0.1, 0.15) is 0 Å². The SMILES string of the molecule is CC1CN(CCc2cccs2)C(C(C)(C)C)CN1. The standard InChI is InChI=1S/C15H26N2S/c1-12-11-17(8-7-13-6-5-9-18-13)14(10-16-12)15(2,3)4/h5-6,9,12,14,16H,7-8,10-11H2,1-4H3. The smallest absolute Gasteiger partial charge is 0.0269 e. The van der Waals surface area contributed by atoms with Crippen molar-refractivity contribution in [3.8, 4) is 0 Å². The monoisotopic (exact) mass is 266 g/mol. The van der Waals surface area contributed by atoms with E-state index in [2.05, 4.69) is 55.4 Å². The number of rotatable bonds is 3. The number of hydrogen-bond acceptors (Lipinski definition) is 3. The molecule has 1 aromatic rings. The van der Waals surface area contributed by atoms with E-state index < -0.39 is 0 Å². The Balaban J connectivity index is 1.97. The van der Waals surface area contributed by atoms with Crippen molar-refractivity contribution in [2.24, 2.45) is 5.41 Å². The molecule has 1 saturated heterocycles. The molecule has 0 spiro atoms. The van der Waals surface area contributed by atoms with E-state index in [-0.39, 0.29) is 0 Å². The zero-order chi connectivity index (χ0) is 13.2. The van der Waals surface area contributed by atoms with Crippen LogP contribution in [0.3, 0.4) is 0 Å². The first-order valence-electron chi connectivity index (χ1n) is 6.96. The minimum absolute atomic E-state index is 0.350. The quantitative estimate of drug-likeness (QED) is 0.905. The van der Waals surface area contributed by atoms with E-state index in [0.29, 0.717) is 17.5 Å². The van der Waals surface area contributed by atoms with Gasteiger partial charge in [-0.3, -0.25) is 4.90 Å². The van der Waals surface area contributed by atoms with E-state index in [9.17, 15) is 0 Å². The van der Waals surface area contributed by atoms with Gasteiger partial charge in [0.05, 0.1) is 0 Å². The Morgan fingerprint density at radius 2 is 2.22 bits per heavy atom. The Morgan fingerprint density at radius 3 is 2.83 bits per heavy atom. The van der Waals surface area contributed by atoms with Gasteiger partial charge < -0.3 is 5.32 Å². The summed E-state index contributed by atoms with van der Waals surface area (Å²) >= 11 is 1.88. The van der Waals surface area contributed by atoms with Gasteiger partial charge in [-0.05, 0) is 30.2 Å². The summed E-state index contributed by atoms with van der Waals surface area (Å²) in [7, 11) is 0. The van der Waals surface area contributed by atoms with Gasteiger partial charge in [-0.25, -0.2) is 0 Å². The molecule has 0 amide bonds. The summed E-state index contributed by atoms with van der Waals surface area (Å²) in [6.07, 6.45) is 1.19. The van der Waals surface area contributed by atoms with E-state index in [0.717, 1.165) is 6.54 Å². The van der Waals surface area contributed by atoms with E-state index in [1.807, 2.05) is 11.3 Å². The topological polar surface area (TPSA) is 15.3 Å². The Hall–Kier alpha value is -0.380. The average molecular weight is 266 g/mol. The van der Waals surface area contributed by atoms with Crippen molar-refractivity contribution < 1.29 is 0 Å². The van der Waals surface area contributed by atoms with Gasteiger partial charge in [0.2, 0.25) is 0 Å². The summed E-state index contributed by atoms with van der Waals surface area (Å²) in [5.41, 5.74) is 0.350. The minimum Gasteiger partial charge on any atom is -0.311 e. The summed E-state index contributed by atoms with van der Waals surface area (Å²) in [6.45, 7) is 12.8. The molecule has 2 unspecified atom stereocenters. The first-order chi connectivity index (χ1) is 8.47. The van der Waals surface area contributed by atoms with E-state index in [4.69, 9.17) is 0 Å². The van der Waals surface area contributed by atoms with Crippen molar-refractivity contribution in [3.63, 3.8) is 0 Å². The Morgan fingerprint density at radius 1 is 1.44 bits per heavy atom. The fraction of sp³-hybridized carbons (Fsp3) is 0.733. The number of nitrogens with zero attached hydrogens (tertiary/aromatic N) is 1. The molecule has 0 bridgehead atoms. The van der Waals surface area contributed by atoms with Crippen LogP contribution in [-0.4, -0.2) is 36.6 Å². The lowest BCUT2D eigenvalue weighted by atomic mass is 9.84. The van der Waals surface area contributed by atoms with Crippen molar-refractivity contribution in [1.82, 2.24) is 10.2 Å². The molecule has 18 heavy (non-hydrogen) atoms. The molecule has 1 aromatic heterocycles. The predicted octanol–water partition coefficient (Wildman–Crippen LogP) is 3.00. The first kappa shape index (κ1) is 14.0. The number of thiophene rings is 1. The summed E-state index contributed by atoms with van der Waals surface area (Å²) in [4.78, 5) is 4.19. The third-order valence-electron chi connectivity index (χ3n) is 3.83. The molecule has 0 radical (unpaired) electrons. The summed E-state index contributed by atoms with van der Waals surface area (Å²) in [5.74, 6) is 0. The molecule has 1 aliphatic heterocycles. The second kappa shape index (κ2) is 5.72. The summed E-state index contributed by atoms with van der Waals surface area (Å²) in [6, 6.07) is 5.67. The Bertz CT molecular complexity index is 353. The molecule has 2 heterocycles. The molecule has 3 heteroatoms. The second-order valence-electron chi connectivity index (χ2n) is 6.52. The van der Waals surface area contributed by atoms with Crippen molar-refractivity contribution in [2.45, 2.75) is 46.2 Å². The van der Waals surface area contributed by atoms with Crippen LogP contribution in [0.15, 0.2) is 17.5 Å². The molecular formula is C15H26N2S. The molecule has 0 saturated carbocycles. The third kappa shape index (κ3) is 3.56. The molecule has 2 atom stereocenters. The lowest BCUT2D eigenvalue weighted by Gasteiger charge is -2.45. The van der Waals surface area contributed by atoms with Crippen LogP contribution in [0.2, 0.25) is 0 Å². The summed E-state index contributed by atoms with van der Waals surface area (Å²) < 4.78 is 0. The largest absolute Gasteiger partial charge is 0.311 e. The molecule has 1 N–H and O–H groups in total. The molecule has 2 rings (SSSR count). The fourth-order valence-electron chi connectivity index (χ4n) is 2.80. The van der Waals surface area contributed by atoms with Crippen LogP contribution >= 0.6 is 11.3 Å². The first-order valence-corrected chi connectivity index (χ1v) is 7.84. The zero-order valence-corrected chi connectivity index (χ0v) is 12.9. The van der Waals surface area contributed by atoms with Gasteiger partial charge in [0, 0.05) is 36.6 Å². The lowest BCUT2D eigenvalue weighted by Crippen LogP contribution is -2.60. The fourth-order valence-corrected chi connectivity index (χ4v) is 3.49. The van der Waals surface area contributed by atoms with E-state index >= 15 is 0 Å². The number of piperazine rings is 1. The minimum atomic E-state index is 0.350. The second-order valence-corrected chi connectivity index (χ2v) is 7.55. The van der Waals surface area contributed by atoms with Gasteiger partial charge in [0.25, 0.3) is 0 Å². The lowest BCUT2D eigenvalue weighted by molar-refractivity contribution is 0.0602. The van der Waals surface area contributed by atoms with Crippen molar-refractivity contribution in [3.05, 3.63) is 22.4 Å². The Kier molecular flexibility index (Phi) is 4.46. The van der Waals surface area contributed by atoms with Gasteiger partial charge in [0.15, 0.2) is 0 Å². The van der Waals surface area contributed by atoms with Gasteiger partial charge >= 0.3 is 0 Å². The third-order valence-corrected chi connectivity index (χ3v) is 4.77. The van der Waals surface area contributed by atoms with Crippen LogP contribution in [0.25, 0.3) is 0 Å². The van der Waals surface area contributed by atoms with Crippen LogP contribution in [0.5, 0.6) is 0 Å². The van der Waals surface area contributed by atoms with Crippen LogP contribution in [0, 0.1) is 5.41 Å². The van der Waals surface area contributed by atoms with E-state index in [1.54, 1.807) is 0 Å². The maximum absolute atomic E-state index is 3.62. The zero-order valence-electron chi connectivity index (χ0n) is 12.1. The molecular weight excluding hydrogens is 240 g/mol. The molecule has 1 aliphatic rings. The van der Waals surface area contributed by atoms with Crippen LogP contribution in [-0.2, 0) is 6.42 Å². The highest BCUT2D eigenvalue weighted by atomic mass is 32.1. The maximum atomic E-state index is 3.62. The van der Waals surface area contributed by atoms with Crippen molar-refractivity contribution >= 4 is 11.3 Å². The van der Waals surface area contributed by atoms with E-state index in [1.165, 1.54) is 24.4 Å². The molecule has 2 nitrogen and oxygen atoms in total. The molecule has 0 aromatic carbocycles. The molecule has 0 aliphatic carbocycles. The normalized spacial score (nSPS) is 26.4. The van der Waals surface area contributed by atoms with Crippen LogP contribution < -0.4 is 5.32 Å². The molecule has 1 fully saturated rings. The van der Waals surface area contributed by atoms with Crippen molar-refractivity contribution in [1.29, 1.82) is 0 Å². The van der Waals surface area contributed by atoms with Crippen LogP contribution in [0.1, 0.15) is 32.6 Å².